The molecule has 0 aromatic rings. The highest BCUT2D eigenvalue weighted by Crippen LogP contribution is 2.46. The summed E-state index contributed by atoms with van der Waals surface area (Å²) in [6.45, 7) is 2.82. The lowest BCUT2D eigenvalue weighted by Crippen LogP contribution is -2.51. The highest BCUT2D eigenvalue weighted by molar-refractivity contribution is 8.00. The third-order valence-corrected chi connectivity index (χ3v) is 5.81. The van der Waals surface area contributed by atoms with Gasteiger partial charge in [0.15, 0.2) is 0 Å². The third-order valence-electron chi connectivity index (χ3n) is 4.35. The summed E-state index contributed by atoms with van der Waals surface area (Å²) in [4.78, 5) is 25.2. The molecule has 0 radical (unpaired) electrons. The first-order valence-corrected chi connectivity index (χ1v) is 7.96. The second kappa shape index (κ2) is 4.58. The maximum absolute atomic E-state index is 12.3. The molecule has 2 N–H and O–H groups in total. The first-order valence-electron chi connectivity index (χ1n) is 6.91. The number of carbonyl (C=O) groups excluding carboxylic acids is 1. The van der Waals surface area contributed by atoms with Crippen LogP contribution in [0.15, 0.2) is 0 Å². The summed E-state index contributed by atoms with van der Waals surface area (Å²) in [5, 5.41) is 12.3. The number of aliphatic carboxylic acids is 1. The Kier molecular flexibility index (Phi) is 3.15. The van der Waals surface area contributed by atoms with Crippen LogP contribution in [0, 0.1) is 11.3 Å². The van der Waals surface area contributed by atoms with E-state index in [0.717, 1.165) is 25.7 Å². The molecule has 19 heavy (non-hydrogen) atoms. The predicted octanol–water partition coefficient (Wildman–Crippen LogP) is 1.73. The largest absolute Gasteiger partial charge is 0.480 e. The van der Waals surface area contributed by atoms with Gasteiger partial charge in [0.2, 0.25) is 0 Å². The number of urea groups is 1. The summed E-state index contributed by atoms with van der Waals surface area (Å²) in [6, 6.07) is -0.856. The Bertz CT molecular complexity index is 407. The molecule has 2 aliphatic carbocycles. The Hall–Kier alpha value is -0.910. The van der Waals surface area contributed by atoms with Crippen molar-refractivity contribution in [2.45, 2.75) is 44.0 Å². The summed E-state index contributed by atoms with van der Waals surface area (Å²) < 4.78 is 0. The average molecular weight is 284 g/mol. The van der Waals surface area contributed by atoms with Crippen molar-refractivity contribution in [2.75, 3.05) is 12.3 Å². The highest BCUT2D eigenvalue weighted by atomic mass is 32.2. The zero-order chi connectivity index (χ0) is 13.6. The van der Waals surface area contributed by atoms with Crippen molar-refractivity contribution >= 4 is 23.8 Å². The topological polar surface area (TPSA) is 69.6 Å². The summed E-state index contributed by atoms with van der Waals surface area (Å²) in [6.07, 6.45) is 4.53. The lowest BCUT2D eigenvalue weighted by Gasteiger charge is -2.28. The standard InChI is InChI=1S/C13H20N2O3S/c1-13(4-5-13)7-14-12(18)15-9(11(16)17)6-19-10(15)8-2-3-8/h8-10H,2-7H2,1H3,(H,14,18)(H,16,17). The maximum Gasteiger partial charge on any atom is 0.327 e. The van der Waals surface area contributed by atoms with Crippen molar-refractivity contribution < 1.29 is 14.7 Å². The fourth-order valence-electron chi connectivity index (χ4n) is 2.49. The first kappa shape index (κ1) is 13.1. The van der Waals surface area contributed by atoms with Crippen molar-refractivity contribution in [3.8, 4) is 0 Å². The van der Waals surface area contributed by atoms with Gasteiger partial charge in [-0.05, 0) is 37.0 Å². The monoisotopic (exact) mass is 284 g/mol. The number of carboxylic acids is 1. The van der Waals surface area contributed by atoms with Crippen molar-refractivity contribution in [3.05, 3.63) is 0 Å². The van der Waals surface area contributed by atoms with E-state index >= 15 is 0 Å². The molecule has 1 aliphatic heterocycles. The summed E-state index contributed by atoms with van der Waals surface area (Å²) in [5.74, 6) is 0.126. The number of carboxylic acid groups (broad SMARTS) is 1. The van der Waals surface area contributed by atoms with Crippen LogP contribution in [-0.4, -0.2) is 45.7 Å². The number of hydrogen-bond donors (Lipinski definition) is 2. The third kappa shape index (κ3) is 2.68. The fraction of sp³-hybridized carbons (Fsp3) is 0.846. The van der Waals surface area contributed by atoms with E-state index in [4.69, 9.17) is 0 Å². The van der Waals surface area contributed by atoms with E-state index in [9.17, 15) is 14.7 Å². The van der Waals surface area contributed by atoms with Gasteiger partial charge >= 0.3 is 12.0 Å². The number of hydrogen-bond acceptors (Lipinski definition) is 3. The molecule has 0 spiro atoms. The lowest BCUT2D eigenvalue weighted by atomic mass is 10.1. The molecule has 2 amide bonds. The summed E-state index contributed by atoms with van der Waals surface area (Å²) >= 11 is 1.62. The molecule has 3 rings (SSSR count). The molecule has 0 aromatic heterocycles. The minimum atomic E-state index is -0.886. The van der Waals surface area contributed by atoms with E-state index < -0.39 is 12.0 Å². The second-order valence-corrected chi connectivity index (χ2v) is 7.44. The van der Waals surface area contributed by atoms with Crippen LogP contribution in [0.2, 0.25) is 0 Å². The predicted molar refractivity (Wildman–Crippen MR) is 73.0 cm³/mol. The molecule has 6 heteroatoms. The molecule has 2 unspecified atom stereocenters. The zero-order valence-electron chi connectivity index (χ0n) is 11.1. The molecule has 106 valence electrons. The molecule has 2 saturated carbocycles. The van der Waals surface area contributed by atoms with E-state index in [1.54, 1.807) is 16.7 Å². The van der Waals surface area contributed by atoms with Gasteiger partial charge in [0, 0.05) is 12.3 Å². The Morgan fingerprint density at radius 1 is 1.42 bits per heavy atom. The van der Waals surface area contributed by atoms with Crippen LogP contribution in [0.4, 0.5) is 4.79 Å². The van der Waals surface area contributed by atoms with Gasteiger partial charge in [-0.25, -0.2) is 9.59 Å². The van der Waals surface area contributed by atoms with Gasteiger partial charge in [-0.15, -0.1) is 11.8 Å². The zero-order valence-corrected chi connectivity index (χ0v) is 11.9. The van der Waals surface area contributed by atoms with E-state index in [1.807, 2.05) is 0 Å². The molecular weight excluding hydrogens is 264 g/mol. The molecule has 3 aliphatic rings. The van der Waals surface area contributed by atoms with Crippen LogP contribution in [0.25, 0.3) is 0 Å². The van der Waals surface area contributed by atoms with Crippen LogP contribution < -0.4 is 5.32 Å². The minimum Gasteiger partial charge on any atom is -0.480 e. The van der Waals surface area contributed by atoms with Gasteiger partial charge < -0.3 is 10.4 Å². The molecule has 0 bridgehead atoms. The molecule has 2 atom stereocenters. The normalized spacial score (nSPS) is 32.2. The van der Waals surface area contributed by atoms with E-state index in [1.165, 1.54) is 0 Å². The Labute approximate surface area is 117 Å². The molecule has 3 fully saturated rings. The highest BCUT2D eigenvalue weighted by Gasteiger charge is 2.48. The molecule has 1 heterocycles. The number of thioether (sulfide) groups is 1. The van der Waals surface area contributed by atoms with Gasteiger partial charge in [0.05, 0.1) is 5.37 Å². The van der Waals surface area contributed by atoms with Crippen LogP contribution in [0.5, 0.6) is 0 Å². The van der Waals surface area contributed by atoms with Gasteiger partial charge in [-0.1, -0.05) is 6.92 Å². The number of carbonyl (C=O) groups is 2. The van der Waals surface area contributed by atoms with Crippen molar-refractivity contribution in [3.63, 3.8) is 0 Å². The number of nitrogens with zero attached hydrogens (tertiary/aromatic N) is 1. The molecule has 5 nitrogen and oxygen atoms in total. The quantitative estimate of drug-likeness (QED) is 0.825. The van der Waals surface area contributed by atoms with Crippen molar-refractivity contribution in [2.24, 2.45) is 11.3 Å². The van der Waals surface area contributed by atoms with Gasteiger partial charge in [-0.2, -0.15) is 0 Å². The average Bonchev–Trinajstić information content (AvgIpc) is 3.28. The van der Waals surface area contributed by atoms with Crippen LogP contribution >= 0.6 is 11.8 Å². The second-order valence-electron chi connectivity index (χ2n) is 6.29. The van der Waals surface area contributed by atoms with E-state index in [2.05, 4.69) is 12.2 Å². The smallest absolute Gasteiger partial charge is 0.327 e. The maximum atomic E-state index is 12.3. The van der Waals surface area contributed by atoms with Gasteiger partial charge in [0.1, 0.15) is 6.04 Å². The number of rotatable bonds is 4. The summed E-state index contributed by atoms with van der Waals surface area (Å²) in [7, 11) is 0. The van der Waals surface area contributed by atoms with Crippen molar-refractivity contribution in [1.82, 2.24) is 10.2 Å². The Morgan fingerprint density at radius 2 is 2.11 bits per heavy atom. The Morgan fingerprint density at radius 3 is 2.63 bits per heavy atom. The fourth-order valence-corrected chi connectivity index (χ4v) is 4.12. The van der Waals surface area contributed by atoms with Crippen LogP contribution in [0.3, 0.4) is 0 Å². The van der Waals surface area contributed by atoms with Crippen LogP contribution in [-0.2, 0) is 4.79 Å². The number of amides is 2. The summed E-state index contributed by atoms with van der Waals surface area (Å²) in [5.41, 5.74) is 0.246. The van der Waals surface area contributed by atoms with Crippen LogP contribution in [0.1, 0.15) is 32.6 Å². The lowest BCUT2D eigenvalue weighted by molar-refractivity contribution is -0.141. The molecular formula is C13H20N2O3S. The van der Waals surface area contributed by atoms with E-state index in [0.29, 0.717) is 18.2 Å². The molecule has 0 aromatic carbocycles. The van der Waals surface area contributed by atoms with Crippen molar-refractivity contribution in [1.29, 1.82) is 0 Å². The minimum absolute atomic E-state index is 0.0631. The molecule has 1 saturated heterocycles. The Balaban J connectivity index is 1.65. The van der Waals surface area contributed by atoms with Gasteiger partial charge in [-0.3, -0.25) is 4.90 Å². The SMILES string of the molecule is CC1(CNC(=O)N2C(C(=O)O)CSC2C2CC2)CC1. The van der Waals surface area contributed by atoms with Gasteiger partial charge in [0.25, 0.3) is 0 Å². The first-order chi connectivity index (χ1) is 9.00. The number of nitrogens with one attached hydrogen (secondary N) is 1. The van der Waals surface area contributed by atoms with E-state index in [-0.39, 0.29) is 16.8 Å².